The van der Waals surface area contributed by atoms with E-state index in [9.17, 15) is 8.42 Å². The third kappa shape index (κ3) is 4.43. The summed E-state index contributed by atoms with van der Waals surface area (Å²) >= 11 is 2.11. The standard InChI is InChI=1S/C19H34N2O3S2/c1-26(22,23)15-6-4-13(5-7-15)16-12-24-17-8-9-18(21-19(16)17)20-11-14-3-2-10-25-14/h13-21H,2-12H2,1H3. The Hall–Kier alpha value is 0.180. The zero-order valence-corrected chi connectivity index (χ0v) is 17.5. The van der Waals surface area contributed by atoms with E-state index in [1.807, 2.05) is 0 Å². The van der Waals surface area contributed by atoms with Gasteiger partial charge in [0.15, 0.2) is 0 Å². The minimum absolute atomic E-state index is 0.116. The van der Waals surface area contributed by atoms with Crippen LogP contribution in [-0.4, -0.2) is 62.4 Å². The number of hydrogen-bond donors (Lipinski definition) is 2. The number of nitrogens with one attached hydrogen (secondary N) is 2. The molecular formula is C19H34N2O3S2. The molecule has 1 saturated carbocycles. The van der Waals surface area contributed by atoms with Crippen molar-refractivity contribution in [2.75, 3.05) is 25.2 Å². The van der Waals surface area contributed by atoms with Crippen LogP contribution in [0, 0.1) is 11.8 Å². The van der Waals surface area contributed by atoms with Gasteiger partial charge in [0.25, 0.3) is 0 Å². The number of piperidine rings is 1. The van der Waals surface area contributed by atoms with Gasteiger partial charge in [-0.15, -0.1) is 0 Å². The van der Waals surface area contributed by atoms with Crippen LogP contribution >= 0.6 is 11.8 Å². The van der Waals surface area contributed by atoms with Crippen LogP contribution in [0.3, 0.4) is 0 Å². The SMILES string of the molecule is CS(=O)(=O)C1CCC(C2COC3CCC(NCC4CCCS4)NC32)CC1. The maximum atomic E-state index is 11.8. The Morgan fingerprint density at radius 3 is 2.62 bits per heavy atom. The van der Waals surface area contributed by atoms with E-state index >= 15 is 0 Å². The summed E-state index contributed by atoms with van der Waals surface area (Å²) in [5.74, 6) is 2.48. The van der Waals surface area contributed by atoms with Crippen molar-refractivity contribution in [3.05, 3.63) is 0 Å². The van der Waals surface area contributed by atoms with Crippen molar-refractivity contribution in [1.82, 2.24) is 10.6 Å². The fourth-order valence-electron chi connectivity index (χ4n) is 5.47. The number of thioether (sulfide) groups is 1. The molecule has 0 spiro atoms. The lowest BCUT2D eigenvalue weighted by atomic mass is 9.75. The van der Waals surface area contributed by atoms with Gasteiger partial charge in [-0.3, -0.25) is 5.32 Å². The smallest absolute Gasteiger partial charge is 0.150 e. The van der Waals surface area contributed by atoms with Gasteiger partial charge in [0.2, 0.25) is 0 Å². The summed E-state index contributed by atoms with van der Waals surface area (Å²) in [6.45, 7) is 1.96. The highest BCUT2D eigenvalue weighted by Gasteiger charge is 2.45. The topological polar surface area (TPSA) is 67.4 Å². The van der Waals surface area contributed by atoms with E-state index in [4.69, 9.17) is 4.74 Å². The lowest BCUT2D eigenvalue weighted by Crippen LogP contribution is -2.58. The highest BCUT2D eigenvalue weighted by molar-refractivity contribution is 8.00. The first-order chi connectivity index (χ1) is 12.5. The first-order valence-corrected chi connectivity index (χ1v) is 13.4. The van der Waals surface area contributed by atoms with Crippen LogP contribution in [0.1, 0.15) is 51.4 Å². The van der Waals surface area contributed by atoms with Crippen molar-refractivity contribution < 1.29 is 13.2 Å². The van der Waals surface area contributed by atoms with Crippen molar-refractivity contribution in [2.45, 2.75) is 80.2 Å². The van der Waals surface area contributed by atoms with E-state index in [0.717, 1.165) is 56.9 Å². The molecule has 3 aliphatic heterocycles. The van der Waals surface area contributed by atoms with Crippen LogP contribution in [-0.2, 0) is 14.6 Å². The quantitative estimate of drug-likeness (QED) is 0.735. The molecule has 0 aromatic rings. The number of fused-ring (bicyclic) bond motifs is 1. The maximum absolute atomic E-state index is 11.8. The zero-order valence-electron chi connectivity index (χ0n) is 15.9. The number of sulfone groups is 1. The molecule has 0 radical (unpaired) electrons. The van der Waals surface area contributed by atoms with Crippen LogP contribution in [0.5, 0.6) is 0 Å². The first-order valence-electron chi connectivity index (χ1n) is 10.4. The highest BCUT2D eigenvalue weighted by Crippen LogP contribution is 2.40. The van der Waals surface area contributed by atoms with Crippen LogP contribution in [0.4, 0.5) is 0 Å². The fourth-order valence-corrected chi connectivity index (χ4v) is 7.81. The second-order valence-corrected chi connectivity index (χ2v) is 12.5. The van der Waals surface area contributed by atoms with E-state index in [1.54, 1.807) is 0 Å². The van der Waals surface area contributed by atoms with Gasteiger partial charge in [-0.05, 0) is 63.0 Å². The minimum atomic E-state index is -2.88. The minimum Gasteiger partial charge on any atom is -0.376 e. The van der Waals surface area contributed by atoms with Crippen LogP contribution in [0.15, 0.2) is 0 Å². The molecule has 5 atom stereocenters. The molecule has 4 aliphatic rings. The number of ether oxygens (including phenoxy) is 1. The third-order valence-corrected chi connectivity index (χ3v) is 10.1. The van der Waals surface area contributed by atoms with Crippen molar-refractivity contribution in [3.63, 3.8) is 0 Å². The zero-order chi connectivity index (χ0) is 18.1. The number of hydrogen-bond acceptors (Lipinski definition) is 6. The maximum Gasteiger partial charge on any atom is 0.150 e. The van der Waals surface area contributed by atoms with Gasteiger partial charge < -0.3 is 10.1 Å². The van der Waals surface area contributed by atoms with Crippen molar-refractivity contribution >= 4 is 21.6 Å². The molecule has 0 aromatic carbocycles. The Morgan fingerprint density at radius 1 is 1.12 bits per heavy atom. The predicted octanol–water partition coefficient (Wildman–Crippen LogP) is 2.17. The van der Waals surface area contributed by atoms with Crippen molar-refractivity contribution in [2.24, 2.45) is 11.8 Å². The summed E-state index contributed by atoms with van der Waals surface area (Å²) < 4.78 is 29.8. The molecule has 3 heterocycles. The van der Waals surface area contributed by atoms with Gasteiger partial charge in [-0.1, -0.05) is 0 Å². The third-order valence-electron chi connectivity index (χ3n) is 7.04. The van der Waals surface area contributed by atoms with E-state index in [1.165, 1.54) is 24.9 Å². The van der Waals surface area contributed by atoms with Crippen LogP contribution in [0.2, 0.25) is 0 Å². The average Bonchev–Trinajstić information content (AvgIpc) is 3.28. The van der Waals surface area contributed by atoms with E-state index in [0.29, 0.717) is 30.1 Å². The van der Waals surface area contributed by atoms with Gasteiger partial charge in [0.05, 0.1) is 24.1 Å². The molecule has 2 N–H and O–H groups in total. The van der Waals surface area contributed by atoms with Gasteiger partial charge >= 0.3 is 0 Å². The summed E-state index contributed by atoms with van der Waals surface area (Å²) in [6.07, 6.45) is 10.9. The van der Waals surface area contributed by atoms with Gasteiger partial charge in [0, 0.05) is 30.0 Å². The molecule has 3 saturated heterocycles. The predicted molar refractivity (Wildman–Crippen MR) is 107 cm³/mol. The Kier molecular flexibility index (Phi) is 6.20. The number of rotatable bonds is 5. The van der Waals surface area contributed by atoms with Gasteiger partial charge in [-0.2, -0.15) is 11.8 Å². The van der Waals surface area contributed by atoms with Gasteiger partial charge in [-0.25, -0.2) is 8.42 Å². The molecule has 0 amide bonds. The monoisotopic (exact) mass is 402 g/mol. The Labute approximate surface area is 162 Å². The summed E-state index contributed by atoms with van der Waals surface area (Å²) in [6, 6.07) is 0.442. The van der Waals surface area contributed by atoms with Crippen LogP contribution in [0.25, 0.3) is 0 Å². The largest absolute Gasteiger partial charge is 0.376 e. The lowest BCUT2D eigenvalue weighted by molar-refractivity contribution is 0.0649. The van der Waals surface area contributed by atoms with E-state index < -0.39 is 9.84 Å². The molecule has 4 fully saturated rings. The molecule has 26 heavy (non-hydrogen) atoms. The Bertz CT molecular complexity index is 571. The van der Waals surface area contributed by atoms with Crippen LogP contribution < -0.4 is 10.6 Å². The fraction of sp³-hybridized carbons (Fsp3) is 1.00. The molecule has 1 aliphatic carbocycles. The molecule has 5 nitrogen and oxygen atoms in total. The molecule has 0 bridgehead atoms. The normalized spacial score (nSPS) is 44.1. The summed E-state index contributed by atoms with van der Waals surface area (Å²) in [4.78, 5) is 0. The van der Waals surface area contributed by atoms with Gasteiger partial charge in [0.1, 0.15) is 9.84 Å². The molecule has 7 heteroatoms. The van der Waals surface area contributed by atoms with Crippen molar-refractivity contribution in [1.29, 1.82) is 0 Å². The molecule has 4 rings (SSSR count). The van der Waals surface area contributed by atoms with E-state index in [-0.39, 0.29) is 5.25 Å². The molecule has 150 valence electrons. The highest BCUT2D eigenvalue weighted by atomic mass is 32.2. The Balaban J connectivity index is 1.29. The summed E-state index contributed by atoms with van der Waals surface area (Å²) in [5.41, 5.74) is 0. The van der Waals surface area contributed by atoms with E-state index in [2.05, 4.69) is 22.4 Å². The summed E-state index contributed by atoms with van der Waals surface area (Å²) in [7, 11) is -2.88. The second kappa shape index (κ2) is 8.27. The molecule has 5 unspecified atom stereocenters. The first kappa shape index (κ1) is 19.5. The lowest BCUT2D eigenvalue weighted by Gasteiger charge is -2.39. The molecule has 0 aromatic heterocycles. The summed E-state index contributed by atoms with van der Waals surface area (Å²) in [5, 5.41) is 8.30. The molecular weight excluding hydrogens is 368 g/mol. The average molecular weight is 403 g/mol. The second-order valence-electron chi connectivity index (χ2n) is 8.77. The Morgan fingerprint density at radius 2 is 1.92 bits per heavy atom. The van der Waals surface area contributed by atoms with Crippen molar-refractivity contribution in [3.8, 4) is 0 Å².